The maximum absolute atomic E-state index is 12.4. The molecule has 1 aliphatic carbocycles. The van der Waals surface area contributed by atoms with Gasteiger partial charge in [-0.1, -0.05) is 37.8 Å². The van der Waals surface area contributed by atoms with Gasteiger partial charge in [-0.15, -0.1) is 0 Å². The van der Waals surface area contributed by atoms with E-state index in [2.05, 4.69) is 10.3 Å². The number of carbonyl (C=O) groups is 1. The lowest BCUT2D eigenvalue weighted by atomic mass is 10.1. The molecule has 2 aromatic rings. The SMILES string of the molecule is NC(Cc1ccc(O)cc1)c1nc(C(=O)NC2CCCCCC2)co1. The van der Waals surface area contributed by atoms with E-state index < -0.39 is 6.04 Å². The number of aromatic hydroxyl groups is 1. The first-order valence-electron chi connectivity index (χ1n) is 8.91. The Hall–Kier alpha value is -2.34. The van der Waals surface area contributed by atoms with Crippen molar-refractivity contribution >= 4 is 5.91 Å². The lowest BCUT2D eigenvalue weighted by molar-refractivity contribution is 0.0928. The molecule has 1 unspecified atom stereocenters. The second kappa shape index (κ2) is 8.16. The van der Waals surface area contributed by atoms with Crippen molar-refractivity contribution < 1.29 is 14.3 Å². The van der Waals surface area contributed by atoms with Crippen LogP contribution >= 0.6 is 0 Å². The Kier molecular flexibility index (Phi) is 5.71. The number of amides is 1. The fourth-order valence-electron chi connectivity index (χ4n) is 3.22. The van der Waals surface area contributed by atoms with E-state index in [-0.39, 0.29) is 23.4 Å². The first-order chi connectivity index (χ1) is 12.1. The zero-order chi connectivity index (χ0) is 17.6. The van der Waals surface area contributed by atoms with Gasteiger partial charge in [-0.3, -0.25) is 4.79 Å². The van der Waals surface area contributed by atoms with Crippen molar-refractivity contribution in [2.75, 3.05) is 0 Å². The molecular weight excluding hydrogens is 318 g/mol. The molecular formula is C19H25N3O3. The van der Waals surface area contributed by atoms with Gasteiger partial charge >= 0.3 is 0 Å². The standard InChI is InChI=1S/C19H25N3O3/c20-16(11-13-7-9-15(23)10-8-13)19-22-17(12-25-19)18(24)21-14-5-3-1-2-4-6-14/h7-10,12,14,16,23H,1-6,11,20H2,(H,21,24). The van der Waals surface area contributed by atoms with Crippen LogP contribution in [0.3, 0.4) is 0 Å². The van der Waals surface area contributed by atoms with E-state index in [9.17, 15) is 9.90 Å². The first kappa shape index (κ1) is 17.5. The van der Waals surface area contributed by atoms with Crippen molar-refractivity contribution in [3.63, 3.8) is 0 Å². The quantitative estimate of drug-likeness (QED) is 0.724. The molecule has 0 spiro atoms. The van der Waals surface area contributed by atoms with Crippen molar-refractivity contribution in [1.29, 1.82) is 0 Å². The minimum absolute atomic E-state index is 0.196. The van der Waals surface area contributed by atoms with Gasteiger partial charge in [-0.2, -0.15) is 0 Å². The molecule has 1 saturated carbocycles. The normalized spacial score (nSPS) is 17.0. The third-order valence-electron chi connectivity index (χ3n) is 4.65. The van der Waals surface area contributed by atoms with Crippen molar-refractivity contribution in [3.8, 4) is 5.75 Å². The Labute approximate surface area is 147 Å². The summed E-state index contributed by atoms with van der Waals surface area (Å²) in [7, 11) is 0. The number of phenols is 1. The van der Waals surface area contributed by atoms with E-state index in [0.717, 1.165) is 31.2 Å². The highest BCUT2D eigenvalue weighted by atomic mass is 16.3. The molecule has 0 aliphatic heterocycles. The van der Waals surface area contributed by atoms with E-state index >= 15 is 0 Å². The maximum atomic E-state index is 12.4. The van der Waals surface area contributed by atoms with Crippen LogP contribution in [0.15, 0.2) is 34.9 Å². The summed E-state index contributed by atoms with van der Waals surface area (Å²) in [6.45, 7) is 0. The van der Waals surface area contributed by atoms with Gasteiger partial charge in [0.05, 0.1) is 6.04 Å². The van der Waals surface area contributed by atoms with Crippen LogP contribution in [-0.4, -0.2) is 22.0 Å². The van der Waals surface area contributed by atoms with Gasteiger partial charge < -0.3 is 20.6 Å². The minimum Gasteiger partial charge on any atom is -0.508 e. The minimum atomic E-state index is -0.441. The topological polar surface area (TPSA) is 101 Å². The maximum Gasteiger partial charge on any atom is 0.273 e. The highest BCUT2D eigenvalue weighted by Crippen LogP contribution is 2.19. The zero-order valence-electron chi connectivity index (χ0n) is 14.3. The molecule has 1 fully saturated rings. The third kappa shape index (κ3) is 4.82. The number of oxazole rings is 1. The highest BCUT2D eigenvalue weighted by molar-refractivity contribution is 5.92. The van der Waals surface area contributed by atoms with Gasteiger partial charge in [-0.25, -0.2) is 4.98 Å². The molecule has 1 aromatic heterocycles. The third-order valence-corrected chi connectivity index (χ3v) is 4.65. The summed E-state index contributed by atoms with van der Waals surface area (Å²) >= 11 is 0. The van der Waals surface area contributed by atoms with Gasteiger partial charge in [0.2, 0.25) is 5.89 Å². The molecule has 0 radical (unpaired) electrons. The van der Waals surface area contributed by atoms with Gasteiger partial charge in [0.25, 0.3) is 5.91 Å². The summed E-state index contributed by atoms with van der Waals surface area (Å²) in [5.41, 5.74) is 7.38. The van der Waals surface area contributed by atoms with Crippen LogP contribution in [0.1, 0.15) is 66.5 Å². The van der Waals surface area contributed by atoms with Gasteiger partial charge in [-0.05, 0) is 37.0 Å². The molecule has 25 heavy (non-hydrogen) atoms. The summed E-state index contributed by atoms with van der Waals surface area (Å²) in [6, 6.07) is 6.62. The van der Waals surface area contributed by atoms with E-state index in [4.69, 9.17) is 10.2 Å². The lowest BCUT2D eigenvalue weighted by Gasteiger charge is -2.14. The smallest absolute Gasteiger partial charge is 0.273 e. The van der Waals surface area contributed by atoms with Crippen LogP contribution in [0.25, 0.3) is 0 Å². The molecule has 3 rings (SSSR count). The van der Waals surface area contributed by atoms with Crippen LogP contribution in [0, 0.1) is 0 Å². The second-order valence-electron chi connectivity index (χ2n) is 6.71. The van der Waals surface area contributed by atoms with Crippen molar-refractivity contribution in [3.05, 3.63) is 47.7 Å². The Morgan fingerprint density at radius 3 is 2.60 bits per heavy atom. The molecule has 1 heterocycles. The predicted octanol–water partition coefficient (Wildman–Crippen LogP) is 3.08. The fourth-order valence-corrected chi connectivity index (χ4v) is 3.22. The number of nitrogens with zero attached hydrogens (tertiary/aromatic N) is 1. The second-order valence-corrected chi connectivity index (χ2v) is 6.71. The molecule has 1 aliphatic rings. The molecule has 4 N–H and O–H groups in total. The van der Waals surface area contributed by atoms with Crippen LogP contribution in [0.4, 0.5) is 0 Å². The number of hydrogen-bond donors (Lipinski definition) is 3. The van der Waals surface area contributed by atoms with Crippen LogP contribution in [0.2, 0.25) is 0 Å². The largest absolute Gasteiger partial charge is 0.508 e. The van der Waals surface area contributed by atoms with Crippen molar-refractivity contribution in [2.45, 2.75) is 57.0 Å². The number of nitrogens with two attached hydrogens (primary N) is 1. The molecule has 0 saturated heterocycles. The van der Waals surface area contributed by atoms with E-state index in [1.165, 1.54) is 19.1 Å². The molecule has 6 heteroatoms. The summed E-state index contributed by atoms with van der Waals surface area (Å²) in [5.74, 6) is 0.365. The molecule has 1 amide bonds. The summed E-state index contributed by atoms with van der Waals surface area (Å²) in [6.07, 6.45) is 8.74. The zero-order valence-corrected chi connectivity index (χ0v) is 14.3. The average molecular weight is 343 g/mol. The number of rotatable bonds is 5. The molecule has 1 aromatic carbocycles. The fraction of sp³-hybridized carbons (Fsp3) is 0.474. The van der Waals surface area contributed by atoms with Gasteiger partial charge in [0.1, 0.15) is 12.0 Å². The number of nitrogens with one attached hydrogen (secondary N) is 1. The van der Waals surface area contributed by atoms with E-state index in [1.807, 2.05) is 0 Å². The number of phenolic OH excluding ortho intramolecular Hbond substituents is 1. The molecule has 1 atom stereocenters. The van der Waals surface area contributed by atoms with Gasteiger partial charge in [0.15, 0.2) is 5.69 Å². The first-order valence-corrected chi connectivity index (χ1v) is 8.91. The Morgan fingerprint density at radius 2 is 1.92 bits per heavy atom. The lowest BCUT2D eigenvalue weighted by Crippen LogP contribution is -2.34. The number of benzene rings is 1. The van der Waals surface area contributed by atoms with E-state index in [0.29, 0.717) is 12.3 Å². The van der Waals surface area contributed by atoms with Gasteiger partial charge in [0, 0.05) is 6.04 Å². The average Bonchev–Trinajstić information content (AvgIpc) is 2.97. The Morgan fingerprint density at radius 1 is 1.24 bits per heavy atom. The number of aromatic nitrogens is 1. The Bertz CT molecular complexity index is 688. The Balaban J connectivity index is 1.58. The summed E-state index contributed by atoms with van der Waals surface area (Å²) < 4.78 is 5.41. The van der Waals surface area contributed by atoms with Crippen LogP contribution < -0.4 is 11.1 Å². The van der Waals surface area contributed by atoms with Crippen molar-refractivity contribution in [2.24, 2.45) is 5.73 Å². The molecule has 6 nitrogen and oxygen atoms in total. The van der Waals surface area contributed by atoms with Crippen LogP contribution in [0.5, 0.6) is 5.75 Å². The molecule has 134 valence electrons. The molecule has 0 bridgehead atoms. The monoisotopic (exact) mass is 343 g/mol. The predicted molar refractivity (Wildman–Crippen MR) is 94.2 cm³/mol. The van der Waals surface area contributed by atoms with Crippen LogP contribution in [-0.2, 0) is 6.42 Å². The summed E-state index contributed by atoms with van der Waals surface area (Å²) in [4.78, 5) is 16.6. The highest BCUT2D eigenvalue weighted by Gasteiger charge is 2.20. The number of carbonyl (C=O) groups excluding carboxylic acids is 1. The number of hydrogen-bond acceptors (Lipinski definition) is 5. The van der Waals surface area contributed by atoms with Crippen molar-refractivity contribution in [1.82, 2.24) is 10.3 Å². The summed E-state index contributed by atoms with van der Waals surface area (Å²) in [5, 5.41) is 12.4. The van der Waals surface area contributed by atoms with E-state index in [1.54, 1.807) is 24.3 Å².